The van der Waals surface area contributed by atoms with Gasteiger partial charge in [-0.15, -0.1) is 0 Å². The van der Waals surface area contributed by atoms with Crippen LogP contribution in [0.25, 0.3) is 0 Å². The minimum absolute atomic E-state index is 0.0440. The molecule has 0 radical (unpaired) electrons. The van der Waals surface area contributed by atoms with Crippen molar-refractivity contribution in [3.63, 3.8) is 0 Å². The summed E-state index contributed by atoms with van der Waals surface area (Å²) in [6.45, 7) is 5.73. The van der Waals surface area contributed by atoms with E-state index in [1.54, 1.807) is 0 Å². The molecular weight excluding hydrogens is 332 g/mol. The van der Waals surface area contributed by atoms with Gasteiger partial charge in [0.1, 0.15) is 5.76 Å². The Morgan fingerprint density at radius 3 is 1.86 bits per heavy atom. The molecule has 0 amide bonds. The van der Waals surface area contributed by atoms with Crippen LogP contribution in [0.4, 0.5) is 26.3 Å². The fraction of sp³-hybridized carbons (Fsp3) is 0.750. The van der Waals surface area contributed by atoms with Crippen LogP contribution in [0.3, 0.4) is 0 Å². The largest absolute Gasteiger partial charge is 0.547 e. The van der Waals surface area contributed by atoms with Crippen LogP contribution in [0.1, 0.15) is 6.92 Å². The van der Waals surface area contributed by atoms with E-state index < -0.39 is 38.5 Å². The molecule has 3 nitrogen and oxygen atoms in total. The maximum Gasteiger partial charge on any atom is 0.407 e. The van der Waals surface area contributed by atoms with Crippen molar-refractivity contribution in [2.45, 2.75) is 45.0 Å². The number of hydrogen-bond acceptors (Lipinski definition) is 3. The van der Waals surface area contributed by atoms with Crippen molar-refractivity contribution in [2.24, 2.45) is 5.92 Å². The first-order valence-corrected chi connectivity index (χ1v) is 9.68. The lowest BCUT2D eigenvalue weighted by molar-refractivity contribution is -0.277. The third kappa shape index (κ3) is 7.17. The normalized spacial score (nSPS) is 15.6. The van der Waals surface area contributed by atoms with Crippen LogP contribution in [-0.4, -0.2) is 33.4 Å². The Bertz CT molecular complexity index is 419. The van der Waals surface area contributed by atoms with E-state index in [4.69, 9.17) is 14.4 Å². The highest BCUT2D eigenvalue weighted by Crippen LogP contribution is 2.44. The van der Waals surface area contributed by atoms with Crippen molar-refractivity contribution in [1.29, 1.82) is 5.26 Å². The number of ether oxygens (including phenoxy) is 1. The standard InChI is InChI=1S/C12H17F6NO2Si/c1-5-20-8(7-19)6-9(21-22(2,3)4)10(11(13,14)15)12(16,17)18/h6,8,10H,5H2,1-4H3/b9-6-. The lowest BCUT2D eigenvalue weighted by Crippen LogP contribution is -2.41. The maximum absolute atomic E-state index is 12.8. The van der Waals surface area contributed by atoms with Crippen LogP contribution in [0, 0.1) is 17.2 Å². The van der Waals surface area contributed by atoms with Crippen molar-refractivity contribution in [3.05, 3.63) is 11.8 Å². The SMILES string of the molecule is CCOC(C#N)/C=C(\O[Si](C)(C)C)C(C(F)(F)F)C(F)(F)F. The highest BCUT2D eigenvalue weighted by atomic mass is 28.4. The monoisotopic (exact) mass is 349 g/mol. The number of rotatable bonds is 6. The number of nitrogens with zero attached hydrogens (tertiary/aromatic N) is 1. The second-order valence-corrected chi connectivity index (χ2v) is 9.73. The molecule has 0 spiro atoms. The summed E-state index contributed by atoms with van der Waals surface area (Å²) in [5.41, 5.74) is 0. The van der Waals surface area contributed by atoms with Crippen LogP contribution >= 0.6 is 0 Å². The van der Waals surface area contributed by atoms with Crippen molar-refractivity contribution < 1.29 is 35.5 Å². The Labute approximate surface area is 125 Å². The highest BCUT2D eigenvalue weighted by Gasteiger charge is 2.60. The van der Waals surface area contributed by atoms with Gasteiger partial charge in [0.05, 0.1) is 6.07 Å². The van der Waals surface area contributed by atoms with E-state index >= 15 is 0 Å². The molecule has 0 aliphatic rings. The first-order valence-electron chi connectivity index (χ1n) is 6.27. The Kier molecular flexibility index (Phi) is 6.96. The summed E-state index contributed by atoms with van der Waals surface area (Å²) in [5.74, 6) is -5.12. The number of alkyl halides is 6. The van der Waals surface area contributed by atoms with Gasteiger partial charge in [-0.3, -0.25) is 0 Å². The topological polar surface area (TPSA) is 42.2 Å². The number of halogens is 6. The maximum atomic E-state index is 12.8. The van der Waals surface area contributed by atoms with Gasteiger partial charge in [-0.2, -0.15) is 31.6 Å². The Morgan fingerprint density at radius 2 is 1.59 bits per heavy atom. The number of hydrogen-bond donors (Lipinski definition) is 0. The van der Waals surface area contributed by atoms with Gasteiger partial charge in [0, 0.05) is 6.61 Å². The highest BCUT2D eigenvalue weighted by molar-refractivity contribution is 6.70. The van der Waals surface area contributed by atoms with Gasteiger partial charge in [-0.25, -0.2) is 0 Å². The molecule has 0 aliphatic heterocycles. The van der Waals surface area contributed by atoms with E-state index in [1.807, 2.05) is 0 Å². The minimum atomic E-state index is -5.59. The summed E-state index contributed by atoms with van der Waals surface area (Å²) in [4.78, 5) is 0. The smallest absolute Gasteiger partial charge is 0.407 e. The summed E-state index contributed by atoms with van der Waals surface area (Å²) < 4.78 is 86.7. The molecule has 0 rings (SSSR count). The molecule has 10 heteroatoms. The van der Waals surface area contributed by atoms with Gasteiger partial charge >= 0.3 is 12.4 Å². The summed E-state index contributed by atoms with van der Waals surface area (Å²) in [6.07, 6.45) is -12.3. The van der Waals surface area contributed by atoms with Gasteiger partial charge in [-0.05, 0) is 32.6 Å². The van der Waals surface area contributed by atoms with Gasteiger partial charge in [0.25, 0.3) is 0 Å². The van der Waals surface area contributed by atoms with Crippen LogP contribution in [0.15, 0.2) is 11.8 Å². The number of allylic oxidation sites excluding steroid dienone is 1. The molecule has 1 unspecified atom stereocenters. The van der Waals surface area contributed by atoms with Gasteiger partial charge < -0.3 is 9.16 Å². The molecule has 0 fully saturated rings. The lowest BCUT2D eigenvalue weighted by Gasteiger charge is -2.30. The zero-order chi connectivity index (χ0) is 17.8. The molecule has 22 heavy (non-hydrogen) atoms. The molecule has 0 aliphatic carbocycles. The van der Waals surface area contributed by atoms with Crippen molar-refractivity contribution in [3.8, 4) is 6.07 Å². The summed E-state index contributed by atoms with van der Waals surface area (Å²) in [6, 6.07) is 1.48. The predicted octanol–water partition coefficient (Wildman–Crippen LogP) is 4.39. The van der Waals surface area contributed by atoms with Crippen molar-refractivity contribution >= 4 is 8.32 Å². The molecule has 0 aromatic rings. The van der Waals surface area contributed by atoms with Gasteiger partial charge in [0.15, 0.2) is 6.10 Å². The Morgan fingerprint density at radius 1 is 1.14 bits per heavy atom. The zero-order valence-electron chi connectivity index (χ0n) is 12.5. The summed E-state index contributed by atoms with van der Waals surface area (Å²) in [7, 11) is -2.78. The summed E-state index contributed by atoms with van der Waals surface area (Å²) >= 11 is 0. The second kappa shape index (κ2) is 7.37. The molecule has 1 atom stereocenters. The zero-order valence-corrected chi connectivity index (χ0v) is 13.5. The van der Waals surface area contributed by atoms with Crippen LogP contribution in [-0.2, 0) is 9.16 Å². The molecule has 0 saturated heterocycles. The first-order chi connectivity index (χ1) is 9.72. The molecule has 0 heterocycles. The minimum Gasteiger partial charge on any atom is -0.547 e. The van der Waals surface area contributed by atoms with Crippen LogP contribution < -0.4 is 0 Å². The predicted molar refractivity (Wildman–Crippen MR) is 69.1 cm³/mol. The third-order valence-electron chi connectivity index (χ3n) is 2.15. The van der Waals surface area contributed by atoms with Crippen LogP contribution in [0.2, 0.25) is 19.6 Å². The Hall–Kier alpha value is -1.21. The van der Waals surface area contributed by atoms with Crippen molar-refractivity contribution in [1.82, 2.24) is 0 Å². The lowest BCUT2D eigenvalue weighted by atomic mass is 10.0. The first kappa shape index (κ1) is 20.8. The second-order valence-electron chi connectivity index (χ2n) is 5.30. The fourth-order valence-corrected chi connectivity index (χ4v) is 2.40. The summed E-state index contributed by atoms with van der Waals surface area (Å²) in [5, 5.41) is 8.77. The molecule has 0 aromatic heterocycles. The van der Waals surface area contributed by atoms with E-state index in [0.717, 1.165) is 0 Å². The quantitative estimate of drug-likeness (QED) is 0.406. The molecular formula is C12H17F6NO2Si. The van der Waals surface area contributed by atoms with Gasteiger partial charge in [0.2, 0.25) is 14.2 Å². The average Bonchev–Trinajstić information content (AvgIpc) is 2.21. The fourth-order valence-electron chi connectivity index (χ4n) is 1.50. The van der Waals surface area contributed by atoms with E-state index in [0.29, 0.717) is 6.08 Å². The van der Waals surface area contributed by atoms with E-state index in [9.17, 15) is 26.3 Å². The number of nitriles is 1. The van der Waals surface area contributed by atoms with E-state index in [-0.39, 0.29) is 6.61 Å². The molecule has 0 N–H and O–H groups in total. The van der Waals surface area contributed by atoms with E-state index in [2.05, 4.69) is 0 Å². The molecule has 128 valence electrons. The average molecular weight is 349 g/mol. The van der Waals surface area contributed by atoms with Crippen LogP contribution in [0.5, 0.6) is 0 Å². The van der Waals surface area contributed by atoms with Gasteiger partial charge in [-0.1, -0.05) is 0 Å². The Balaban J connectivity index is 5.93. The molecule has 0 aromatic carbocycles. The van der Waals surface area contributed by atoms with E-state index in [1.165, 1.54) is 32.6 Å². The molecule has 0 saturated carbocycles. The molecule has 0 bridgehead atoms. The van der Waals surface area contributed by atoms with Crippen molar-refractivity contribution in [2.75, 3.05) is 6.61 Å². The third-order valence-corrected chi connectivity index (χ3v) is 3.00.